The third kappa shape index (κ3) is 5.70. The minimum absolute atomic E-state index is 0.0476. The Kier molecular flexibility index (Phi) is 8.57. The number of anilines is 1. The van der Waals surface area contributed by atoms with Crippen LogP contribution in [0.1, 0.15) is 12.5 Å². The van der Waals surface area contributed by atoms with Crippen molar-refractivity contribution in [3.63, 3.8) is 0 Å². The molecule has 11 nitrogen and oxygen atoms in total. The molecule has 3 heterocycles. The maximum atomic E-state index is 13.1. The molecular formula is C31H31Cl2N5O6. The van der Waals surface area contributed by atoms with E-state index in [1.807, 2.05) is 17.0 Å². The number of nitrogens with zero attached hydrogens (tertiary/aromatic N) is 4. The molecule has 0 spiro atoms. The van der Waals surface area contributed by atoms with Gasteiger partial charge in [0, 0.05) is 74.8 Å². The average Bonchev–Trinajstić information content (AvgIpc) is 2.98. The van der Waals surface area contributed by atoms with Crippen LogP contribution in [0.5, 0.6) is 5.75 Å². The van der Waals surface area contributed by atoms with Crippen LogP contribution in [0.25, 0.3) is 22.4 Å². The number of carbonyl (C=O) groups excluding carboxylic acids is 3. The van der Waals surface area contributed by atoms with Crippen LogP contribution >= 0.6 is 23.2 Å². The predicted molar refractivity (Wildman–Crippen MR) is 166 cm³/mol. The second kappa shape index (κ2) is 12.1. The standard InChI is InChI=1S/C31H31Cl2N5O6/c1-31(29(41)42)15-38(16-31)13-17-12-34-23(11-24(17)44-4)20-9-5-7-18(25(20)32)19-8-6-10-22(26(19)33)35-27(39)21-14-36(2)30(43)37(3)28(21)40/h5-12,21H,13-16H2,1-4H3,(H,35,39)(H,41,42). The van der Waals surface area contributed by atoms with E-state index in [2.05, 4.69) is 10.3 Å². The molecule has 0 radical (unpaired) electrons. The van der Waals surface area contributed by atoms with Crippen molar-refractivity contribution in [2.24, 2.45) is 11.3 Å². The molecule has 230 valence electrons. The van der Waals surface area contributed by atoms with Gasteiger partial charge in [-0.1, -0.05) is 53.5 Å². The van der Waals surface area contributed by atoms with Crippen molar-refractivity contribution < 1.29 is 29.0 Å². The second-order valence-electron chi connectivity index (χ2n) is 11.3. The molecule has 1 unspecified atom stereocenters. The van der Waals surface area contributed by atoms with Gasteiger partial charge in [0.1, 0.15) is 11.7 Å². The largest absolute Gasteiger partial charge is 0.496 e. The summed E-state index contributed by atoms with van der Waals surface area (Å²) in [4.78, 5) is 58.1. The molecule has 0 bridgehead atoms. The summed E-state index contributed by atoms with van der Waals surface area (Å²) in [7, 11) is 4.42. The van der Waals surface area contributed by atoms with Crippen LogP contribution in [-0.2, 0) is 20.9 Å². The number of carboxylic acids is 1. The molecule has 2 aromatic carbocycles. The summed E-state index contributed by atoms with van der Waals surface area (Å²) in [5, 5.41) is 12.7. The van der Waals surface area contributed by atoms with Crippen LogP contribution in [0, 0.1) is 11.3 Å². The van der Waals surface area contributed by atoms with Crippen LogP contribution in [-0.4, -0.2) is 89.4 Å². The lowest BCUT2D eigenvalue weighted by Crippen LogP contribution is -2.58. The fourth-order valence-corrected chi connectivity index (χ4v) is 6.15. The van der Waals surface area contributed by atoms with E-state index in [1.165, 1.54) is 19.0 Å². The number of carbonyl (C=O) groups is 4. The first-order chi connectivity index (χ1) is 20.8. The summed E-state index contributed by atoms with van der Waals surface area (Å²) in [6, 6.07) is 11.8. The highest BCUT2D eigenvalue weighted by Gasteiger charge is 2.45. The molecule has 44 heavy (non-hydrogen) atoms. The Morgan fingerprint density at radius 2 is 1.70 bits per heavy atom. The highest BCUT2D eigenvalue weighted by molar-refractivity contribution is 6.39. The van der Waals surface area contributed by atoms with Gasteiger partial charge < -0.3 is 20.1 Å². The first-order valence-electron chi connectivity index (χ1n) is 13.7. The Labute approximate surface area is 264 Å². The number of hydrogen-bond acceptors (Lipinski definition) is 7. The Morgan fingerprint density at radius 3 is 2.36 bits per heavy atom. The van der Waals surface area contributed by atoms with Gasteiger partial charge in [-0.15, -0.1) is 0 Å². The summed E-state index contributed by atoms with van der Waals surface area (Å²) >= 11 is 13.7. The van der Waals surface area contributed by atoms with Crippen molar-refractivity contribution in [2.75, 3.05) is 46.2 Å². The number of rotatable bonds is 8. The summed E-state index contributed by atoms with van der Waals surface area (Å²) in [5.41, 5.74) is 2.71. The third-order valence-electron chi connectivity index (χ3n) is 8.06. The van der Waals surface area contributed by atoms with E-state index in [1.54, 1.807) is 50.6 Å². The third-order valence-corrected chi connectivity index (χ3v) is 8.87. The molecule has 1 atom stereocenters. The van der Waals surface area contributed by atoms with E-state index >= 15 is 0 Å². The summed E-state index contributed by atoms with van der Waals surface area (Å²) in [6.45, 7) is 3.05. The molecule has 2 N–H and O–H groups in total. The van der Waals surface area contributed by atoms with Gasteiger partial charge in [0.2, 0.25) is 11.8 Å². The quantitative estimate of drug-likeness (QED) is 0.339. The molecule has 2 fully saturated rings. The zero-order valence-electron chi connectivity index (χ0n) is 24.6. The van der Waals surface area contributed by atoms with E-state index in [0.717, 1.165) is 10.5 Å². The summed E-state index contributed by atoms with van der Waals surface area (Å²) in [5.74, 6) is -2.47. The van der Waals surface area contributed by atoms with E-state index in [-0.39, 0.29) is 11.6 Å². The van der Waals surface area contributed by atoms with E-state index in [9.17, 15) is 24.3 Å². The fourth-order valence-electron chi connectivity index (χ4n) is 5.55. The lowest BCUT2D eigenvalue weighted by Gasteiger charge is -2.45. The number of carboxylic acid groups (broad SMARTS) is 1. The number of halogens is 2. The summed E-state index contributed by atoms with van der Waals surface area (Å²) in [6.07, 6.45) is 1.70. The minimum Gasteiger partial charge on any atom is -0.496 e. The second-order valence-corrected chi connectivity index (χ2v) is 12.1. The molecule has 2 aliphatic heterocycles. The molecule has 13 heteroatoms. The van der Waals surface area contributed by atoms with Gasteiger partial charge in [0.05, 0.1) is 34.0 Å². The molecular weight excluding hydrogens is 609 g/mol. The number of urea groups is 1. The number of hydrogen-bond donors (Lipinski definition) is 2. The van der Waals surface area contributed by atoms with Crippen LogP contribution in [0.3, 0.4) is 0 Å². The number of pyridine rings is 1. The number of benzene rings is 2. The Balaban J connectivity index is 1.39. The number of likely N-dealkylation sites (tertiary alicyclic amines) is 1. The molecule has 2 saturated heterocycles. The van der Waals surface area contributed by atoms with E-state index in [4.69, 9.17) is 27.9 Å². The lowest BCUT2D eigenvalue weighted by molar-refractivity contribution is -0.159. The number of methoxy groups -OCH3 is 1. The maximum absolute atomic E-state index is 13.1. The highest BCUT2D eigenvalue weighted by atomic mass is 35.5. The molecule has 0 saturated carbocycles. The number of amides is 4. The molecule has 5 rings (SSSR count). The van der Waals surface area contributed by atoms with Gasteiger partial charge >= 0.3 is 12.0 Å². The molecule has 4 amide bonds. The number of nitrogens with one attached hydrogen (secondary N) is 1. The highest BCUT2D eigenvalue weighted by Crippen LogP contribution is 2.42. The number of imide groups is 1. The summed E-state index contributed by atoms with van der Waals surface area (Å²) < 4.78 is 5.64. The maximum Gasteiger partial charge on any atom is 0.326 e. The van der Waals surface area contributed by atoms with E-state index < -0.39 is 35.1 Å². The van der Waals surface area contributed by atoms with Gasteiger partial charge in [-0.2, -0.15) is 0 Å². The van der Waals surface area contributed by atoms with Gasteiger partial charge in [0.25, 0.3) is 0 Å². The molecule has 2 aliphatic rings. The van der Waals surface area contributed by atoms with Crippen molar-refractivity contribution in [3.05, 3.63) is 64.3 Å². The van der Waals surface area contributed by atoms with Gasteiger partial charge in [0.15, 0.2) is 0 Å². The van der Waals surface area contributed by atoms with Crippen LogP contribution in [0.15, 0.2) is 48.7 Å². The Morgan fingerprint density at radius 1 is 1.07 bits per heavy atom. The number of ether oxygens (including phenoxy) is 1. The van der Waals surface area contributed by atoms with E-state index in [0.29, 0.717) is 58.5 Å². The molecule has 3 aromatic rings. The van der Waals surface area contributed by atoms with Crippen molar-refractivity contribution >= 4 is 52.7 Å². The fraction of sp³-hybridized carbons (Fsp3) is 0.323. The zero-order chi connectivity index (χ0) is 31.9. The van der Waals surface area contributed by atoms with Crippen LogP contribution in [0.4, 0.5) is 10.5 Å². The smallest absolute Gasteiger partial charge is 0.326 e. The topological polar surface area (TPSA) is 132 Å². The normalized spacial score (nSPS) is 18.2. The Bertz CT molecular complexity index is 1680. The number of aliphatic carboxylic acids is 1. The molecule has 0 aliphatic carbocycles. The van der Waals surface area contributed by atoms with Crippen molar-refractivity contribution in [1.29, 1.82) is 0 Å². The monoisotopic (exact) mass is 639 g/mol. The number of aromatic nitrogens is 1. The van der Waals surface area contributed by atoms with Crippen molar-refractivity contribution in [1.82, 2.24) is 19.7 Å². The predicted octanol–water partition coefficient (Wildman–Crippen LogP) is 4.72. The van der Waals surface area contributed by atoms with Crippen LogP contribution < -0.4 is 10.1 Å². The Hall–Kier alpha value is -4.19. The van der Waals surface area contributed by atoms with Crippen molar-refractivity contribution in [3.8, 4) is 28.1 Å². The first kappa shape index (κ1) is 31.2. The zero-order valence-corrected chi connectivity index (χ0v) is 26.1. The van der Waals surface area contributed by atoms with Crippen LogP contribution in [0.2, 0.25) is 10.0 Å². The van der Waals surface area contributed by atoms with Gasteiger partial charge in [-0.25, -0.2) is 4.79 Å². The average molecular weight is 641 g/mol. The molecule has 1 aromatic heterocycles. The SMILES string of the molecule is COc1cc(-c2cccc(-c3cccc(NC(=O)C4CN(C)C(=O)N(C)C4=O)c3Cl)c2Cl)ncc1CN1CC(C)(C(=O)O)C1. The van der Waals surface area contributed by atoms with Gasteiger partial charge in [-0.05, 0) is 13.0 Å². The lowest BCUT2D eigenvalue weighted by atomic mass is 9.82. The van der Waals surface area contributed by atoms with Crippen molar-refractivity contribution in [2.45, 2.75) is 13.5 Å². The first-order valence-corrected chi connectivity index (χ1v) is 14.5. The minimum atomic E-state index is -1.08. The van der Waals surface area contributed by atoms with Gasteiger partial charge in [-0.3, -0.25) is 29.2 Å².